The van der Waals surface area contributed by atoms with Crippen molar-refractivity contribution in [2.75, 3.05) is 25.5 Å². The lowest BCUT2D eigenvalue weighted by molar-refractivity contribution is 0.0945. The third kappa shape index (κ3) is 4.02. The maximum atomic E-state index is 12.4. The lowest BCUT2D eigenvalue weighted by Gasteiger charge is -2.36. The van der Waals surface area contributed by atoms with Crippen LogP contribution in [-0.4, -0.2) is 47.0 Å². The van der Waals surface area contributed by atoms with E-state index in [0.29, 0.717) is 18.1 Å². The number of aromatic nitrogens is 2. The summed E-state index contributed by atoms with van der Waals surface area (Å²) in [6, 6.07) is 7.46. The maximum Gasteiger partial charge on any atom is 0.271 e. The van der Waals surface area contributed by atoms with E-state index in [4.69, 9.17) is 0 Å². The Morgan fingerprint density at radius 3 is 2.68 bits per heavy atom. The number of hydrogen-bond acceptors (Lipinski definition) is 5. The van der Waals surface area contributed by atoms with Gasteiger partial charge >= 0.3 is 0 Å². The van der Waals surface area contributed by atoms with Crippen LogP contribution in [0.15, 0.2) is 24.4 Å². The van der Waals surface area contributed by atoms with Gasteiger partial charge in [0, 0.05) is 32.7 Å². The average molecular weight is 380 g/mol. The number of fused-ring (bicyclic) bond motifs is 1. The van der Waals surface area contributed by atoms with E-state index in [0.717, 1.165) is 36.7 Å². The number of anilines is 1. The molecule has 1 aliphatic heterocycles. The SMILES string of the molecule is CNc1ncc(C(=O)NCc2ccc3c(c2)CCN(C2CCC2)CC3)nc1C. The van der Waals surface area contributed by atoms with E-state index >= 15 is 0 Å². The molecule has 0 atom stereocenters. The molecule has 0 bridgehead atoms. The molecule has 1 amide bonds. The van der Waals surface area contributed by atoms with Crippen molar-refractivity contribution in [3.63, 3.8) is 0 Å². The van der Waals surface area contributed by atoms with Gasteiger partial charge in [0.25, 0.3) is 5.91 Å². The van der Waals surface area contributed by atoms with Gasteiger partial charge in [-0.2, -0.15) is 0 Å². The number of carbonyl (C=O) groups is 1. The number of hydrogen-bond donors (Lipinski definition) is 2. The molecule has 148 valence electrons. The Morgan fingerprint density at radius 2 is 2.00 bits per heavy atom. The number of nitrogens with one attached hydrogen (secondary N) is 2. The third-order valence-electron chi connectivity index (χ3n) is 6.07. The molecule has 1 aromatic heterocycles. The average Bonchev–Trinajstić information content (AvgIpc) is 2.87. The first kappa shape index (κ1) is 18.9. The van der Waals surface area contributed by atoms with Crippen molar-refractivity contribution in [1.29, 1.82) is 0 Å². The van der Waals surface area contributed by atoms with E-state index < -0.39 is 0 Å². The van der Waals surface area contributed by atoms with E-state index in [1.165, 1.54) is 43.1 Å². The van der Waals surface area contributed by atoms with Crippen molar-refractivity contribution >= 4 is 11.7 Å². The van der Waals surface area contributed by atoms with Gasteiger partial charge in [-0.25, -0.2) is 9.97 Å². The van der Waals surface area contributed by atoms with Crippen LogP contribution < -0.4 is 10.6 Å². The van der Waals surface area contributed by atoms with Crippen LogP contribution in [0.5, 0.6) is 0 Å². The molecule has 0 saturated heterocycles. The molecule has 0 radical (unpaired) electrons. The molecule has 1 aliphatic carbocycles. The first-order valence-corrected chi connectivity index (χ1v) is 10.3. The zero-order chi connectivity index (χ0) is 19.5. The van der Waals surface area contributed by atoms with E-state index in [2.05, 4.69) is 43.7 Å². The summed E-state index contributed by atoms with van der Waals surface area (Å²) in [4.78, 5) is 23.7. The molecule has 4 rings (SSSR count). The predicted octanol–water partition coefficient (Wildman–Crippen LogP) is 2.71. The quantitative estimate of drug-likeness (QED) is 0.836. The Labute approximate surface area is 166 Å². The summed E-state index contributed by atoms with van der Waals surface area (Å²) in [5, 5.41) is 5.94. The molecule has 2 heterocycles. The number of aryl methyl sites for hydroxylation is 1. The van der Waals surface area contributed by atoms with Crippen molar-refractivity contribution in [2.45, 2.75) is 51.6 Å². The molecule has 0 unspecified atom stereocenters. The smallest absolute Gasteiger partial charge is 0.271 e. The second-order valence-electron chi connectivity index (χ2n) is 7.85. The first-order valence-electron chi connectivity index (χ1n) is 10.3. The Hall–Kier alpha value is -2.47. The molecule has 6 nitrogen and oxygen atoms in total. The van der Waals surface area contributed by atoms with Crippen molar-refractivity contribution in [2.24, 2.45) is 0 Å². The van der Waals surface area contributed by atoms with Crippen LogP contribution in [0.25, 0.3) is 0 Å². The number of rotatable bonds is 5. The molecule has 0 spiro atoms. The topological polar surface area (TPSA) is 70.2 Å². The van der Waals surface area contributed by atoms with Crippen molar-refractivity contribution < 1.29 is 4.79 Å². The highest BCUT2D eigenvalue weighted by atomic mass is 16.1. The maximum absolute atomic E-state index is 12.4. The van der Waals surface area contributed by atoms with Gasteiger partial charge in [-0.05, 0) is 49.3 Å². The normalized spacial score (nSPS) is 17.4. The standard InChI is InChI=1S/C22H29N5O/c1-15-21(23-2)24-14-20(26-15)22(28)25-13-16-6-7-17-8-10-27(19-4-3-5-19)11-9-18(17)12-16/h6-7,12,14,19H,3-5,8-11,13H2,1-2H3,(H,23,24)(H,25,28). The summed E-state index contributed by atoms with van der Waals surface area (Å²) >= 11 is 0. The molecule has 2 aromatic rings. The minimum absolute atomic E-state index is 0.190. The number of carbonyl (C=O) groups excluding carboxylic acids is 1. The Balaban J connectivity index is 1.37. The molecule has 6 heteroatoms. The van der Waals surface area contributed by atoms with Gasteiger partial charge in [-0.3, -0.25) is 9.69 Å². The summed E-state index contributed by atoms with van der Waals surface area (Å²) in [5.41, 5.74) is 5.10. The van der Waals surface area contributed by atoms with E-state index in [9.17, 15) is 4.79 Å². The Morgan fingerprint density at radius 1 is 1.21 bits per heavy atom. The van der Waals surface area contributed by atoms with Crippen molar-refractivity contribution in [1.82, 2.24) is 20.2 Å². The van der Waals surface area contributed by atoms with Gasteiger partial charge in [-0.15, -0.1) is 0 Å². The second kappa shape index (κ2) is 8.27. The highest BCUT2D eigenvalue weighted by molar-refractivity contribution is 5.92. The fourth-order valence-corrected chi connectivity index (χ4v) is 4.13. The number of nitrogens with zero attached hydrogens (tertiary/aromatic N) is 3. The highest BCUT2D eigenvalue weighted by Crippen LogP contribution is 2.27. The molecule has 2 aliphatic rings. The second-order valence-corrected chi connectivity index (χ2v) is 7.85. The zero-order valence-corrected chi connectivity index (χ0v) is 16.8. The van der Waals surface area contributed by atoms with Gasteiger partial charge in [0.05, 0.1) is 11.9 Å². The lowest BCUT2D eigenvalue weighted by atomic mass is 9.91. The van der Waals surface area contributed by atoms with Gasteiger partial charge in [0.15, 0.2) is 0 Å². The summed E-state index contributed by atoms with van der Waals surface area (Å²) in [6.45, 7) is 4.68. The molecule has 1 fully saturated rings. The van der Waals surface area contributed by atoms with E-state index in [1.54, 1.807) is 7.05 Å². The fraction of sp³-hybridized carbons (Fsp3) is 0.500. The summed E-state index contributed by atoms with van der Waals surface area (Å²) in [6.07, 6.45) is 7.87. The Kier molecular flexibility index (Phi) is 5.57. The van der Waals surface area contributed by atoms with Crippen molar-refractivity contribution in [3.8, 4) is 0 Å². The molecular formula is C22H29N5O. The molecular weight excluding hydrogens is 350 g/mol. The van der Waals surface area contributed by atoms with Gasteiger partial charge in [-0.1, -0.05) is 24.6 Å². The van der Waals surface area contributed by atoms with Crippen LogP contribution in [0, 0.1) is 6.92 Å². The van der Waals surface area contributed by atoms with E-state index in [1.807, 2.05) is 6.92 Å². The van der Waals surface area contributed by atoms with Crippen LogP contribution in [-0.2, 0) is 19.4 Å². The molecule has 1 saturated carbocycles. The van der Waals surface area contributed by atoms with Crippen LogP contribution in [0.2, 0.25) is 0 Å². The lowest BCUT2D eigenvalue weighted by Crippen LogP contribution is -2.41. The molecule has 1 aromatic carbocycles. The van der Waals surface area contributed by atoms with Gasteiger partial charge in [0.2, 0.25) is 0 Å². The van der Waals surface area contributed by atoms with Crippen molar-refractivity contribution in [3.05, 3.63) is 52.5 Å². The van der Waals surface area contributed by atoms with Gasteiger partial charge in [0.1, 0.15) is 11.5 Å². The molecule has 28 heavy (non-hydrogen) atoms. The summed E-state index contributed by atoms with van der Waals surface area (Å²) in [5.74, 6) is 0.502. The van der Waals surface area contributed by atoms with Crippen LogP contribution in [0.3, 0.4) is 0 Å². The van der Waals surface area contributed by atoms with Crippen LogP contribution >= 0.6 is 0 Å². The monoisotopic (exact) mass is 379 g/mol. The number of amides is 1. The van der Waals surface area contributed by atoms with E-state index in [-0.39, 0.29) is 5.91 Å². The fourth-order valence-electron chi connectivity index (χ4n) is 4.13. The highest BCUT2D eigenvalue weighted by Gasteiger charge is 2.26. The van der Waals surface area contributed by atoms with Gasteiger partial charge < -0.3 is 10.6 Å². The zero-order valence-electron chi connectivity index (χ0n) is 16.8. The summed E-state index contributed by atoms with van der Waals surface area (Å²) < 4.78 is 0. The largest absolute Gasteiger partial charge is 0.372 e. The van der Waals surface area contributed by atoms with Crippen LogP contribution in [0.4, 0.5) is 5.82 Å². The summed E-state index contributed by atoms with van der Waals surface area (Å²) in [7, 11) is 1.79. The third-order valence-corrected chi connectivity index (χ3v) is 6.07. The Bertz CT molecular complexity index is 862. The minimum Gasteiger partial charge on any atom is -0.372 e. The molecule has 2 N–H and O–H groups in total. The number of benzene rings is 1. The minimum atomic E-state index is -0.190. The first-order chi connectivity index (χ1) is 13.6. The van der Waals surface area contributed by atoms with Crippen LogP contribution in [0.1, 0.15) is 52.1 Å². The predicted molar refractivity (Wildman–Crippen MR) is 111 cm³/mol.